The zero-order chi connectivity index (χ0) is 25.0. The first-order chi connectivity index (χ1) is 16.7. The van der Waals surface area contributed by atoms with Gasteiger partial charge in [-0.25, -0.2) is 0 Å². The van der Waals surface area contributed by atoms with Gasteiger partial charge in [0.2, 0.25) is 0 Å². The van der Waals surface area contributed by atoms with Gasteiger partial charge in [0.05, 0.1) is 5.56 Å². The standard InChI is InChI=1S/C28H30F3N3O/c1-20-6-11-26(16-21(20)2)34-14-12-33(13-15-34)19-22-7-9-24(10-8-22)27(35)32-18-23-4-3-5-25(17-23)28(29,30)31/h3-11,16-17H,12-15,18-19H2,1-2H3,(H,32,35). The highest BCUT2D eigenvalue weighted by Crippen LogP contribution is 2.29. The van der Waals surface area contributed by atoms with E-state index in [1.165, 1.54) is 22.9 Å². The van der Waals surface area contributed by atoms with E-state index in [9.17, 15) is 18.0 Å². The Hall–Kier alpha value is -3.32. The molecule has 3 aromatic rings. The van der Waals surface area contributed by atoms with Crippen molar-refractivity contribution in [3.63, 3.8) is 0 Å². The van der Waals surface area contributed by atoms with Crippen molar-refractivity contribution >= 4 is 11.6 Å². The molecule has 4 rings (SSSR count). The lowest BCUT2D eigenvalue weighted by atomic mass is 10.1. The summed E-state index contributed by atoms with van der Waals surface area (Å²) in [5.41, 5.74) is 5.18. The molecule has 0 aromatic heterocycles. The first-order valence-corrected chi connectivity index (χ1v) is 11.8. The third-order valence-corrected chi connectivity index (χ3v) is 6.56. The summed E-state index contributed by atoms with van der Waals surface area (Å²) in [5, 5.41) is 2.70. The monoisotopic (exact) mass is 481 g/mol. The highest BCUT2D eigenvalue weighted by molar-refractivity contribution is 5.94. The molecule has 1 N–H and O–H groups in total. The molecule has 1 amide bonds. The highest BCUT2D eigenvalue weighted by Gasteiger charge is 2.30. The minimum Gasteiger partial charge on any atom is -0.369 e. The third kappa shape index (κ3) is 6.42. The summed E-state index contributed by atoms with van der Waals surface area (Å²) in [4.78, 5) is 17.3. The van der Waals surface area contributed by atoms with Crippen LogP contribution in [-0.4, -0.2) is 37.0 Å². The topological polar surface area (TPSA) is 35.6 Å². The van der Waals surface area contributed by atoms with E-state index in [0.717, 1.165) is 50.4 Å². The van der Waals surface area contributed by atoms with Gasteiger partial charge in [-0.15, -0.1) is 0 Å². The van der Waals surface area contributed by atoms with Crippen LogP contribution in [0.4, 0.5) is 18.9 Å². The van der Waals surface area contributed by atoms with Gasteiger partial charge >= 0.3 is 6.18 Å². The molecule has 35 heavy (non-hydrogen) atoms. The lowest BCUT2D eigenvalue weighted by Gasteiger charge is -2.36. The van der Waals surface area contributed by atoms with Crippen LogP contribution in [0.15, 0.2) is 66.7 Å². The molecule has 0 bridgehead atoms. The predicted octanol–water partition coefficient (Wildman–Crippen LogP) is 5.57. The number of nitrogens with zero attached hydrogens (tertiary/aromatic N) is 2. The Bertz CT molecular complexity index is 1170. The van der Waals surface area contributed by atoms with E-state index >= 15 is 0 Å². The smallest absolute Gasteiger partial charge is 0.369 e. The van der Waals surface area contributed by atoms with Crippen LogP contribution in [-0.2, 0) is 19.3 Å². The first kappa shape index (κ1) is 24.8. The minimum absolute atomic E-state index is 0.0370. The third-order valence-electron chi connectivity index (χ3n) is 6.56. The van der Waals surface area contributed by atoms with Gasteiger partial charge in [-0.3, -0.25) is 9.69 Å². The minimum atomic E-state index is -4.40. The number of alkyl halides is 3. The molecule has 0 radical (unpaired) electrons. The maximum Gasteiger partial charge on any atom is 0.416 e. The van der Waals surface area contributed by atoms with Gasteiger partial charge in [-0.1, -0.05) is 30.3 Å². The Kier molecular flexibility index (Phi) is 7.45. The number of carbonyl (C=O) groups is 1. The molecule has 0 aliphatic carbocycles. The summed E-state index contributed by atoms with van der Waals surface area (Å²) in [7, 11) is 0. The fourth-order valence-electron chi connectivity index (χ4n) is 4.25. The fourth-order valence-corrected chi connectivity index (χ4v) is 4.25. The van der Waals surface area contributed by atoms with Crippen molar-refractivity contribution in [1.29, 1.82) is 0 Å². The van der Waals surface area contributed by atoms with Crippen molar-refractivity contribution in [3.8, 4) is 0 Å². The van der Waals surface area contributed by atoms with Gasteiger partial charge in [0.15, 0.2) is 0 Å². The molecule has 1 aliphatic rings. The van der Waals surface area contributed by atoms with E-state index in [1.54, 1.807) is 18.2 Å². The quantitative estimate of drug-likeness (QED) is 0.500. The normalized spacial score (nSPS) is 14.7. The second-order valence-corrected chi connectivity index (χ2v) is 9.11. The number of hydrogen-bond acceptors (Lipinski definition) is 3. The van der Waals surface area contributed by atoms with E-state index in [2.05, 4.69) is 47.2 Å². The zero-order valence-electron chi connectivity index (χ0n) is 20.0. The average molecular weight is 482 g/mol. The number of hydrogen-bond donors (Lipinski definition) is 1. The molecule has 1 heterocycles. The van der Waals surface area contributed by atoms with Crippen molar-refractivity contribution in [2.24, 2.45) is 0 Å². The number of anilines is 1. The lowest BCUT2D eigenvalue weighted by Crippen LogP contribution is -2.46. The summed E-state index contributed by atoms with van der Waals surface area (Å²) in [6, 6.07) is 19.0. The molecule has 1 aliphatic heterocycles. The number of aryl methyl sites for hydroxylation is 2. The zero-order valence-corrected chi connectivity index (χ0v) is 20.0. The molecule has 0 spiro atoms. The maximum atomic E-state index is 12.9. The molecule has 184 valence electrons. The Morgan fingerprint density at radius 3 is 2.23 bits per heavy atom. The van der Waals surface area contributed by atoms with Crippen LogP contribution in [0.2, 0.25) is 0 Å². The van der Waals surface area contributed by atoms with Crippen molar-refractivity contribution in [2.45, 2.75) is 33.1 Å². The number of halogens is 3. The van der Waals surface area contributed by atoms with Gasteiger partial charge in [-0.05, 0) is 72.5 Å². The van der Waals surface area contributed by atoms with Crippen LogP contribution >= 0.6 is 0 Å². The van der Waals surface area contributed by atoms with E-state index in [0.29, 0.717) is 11.1 Å². The van der Waals surface area contributed by atoms with Crippen molar-refractivity contribution in [3.05, 3.63) is 100 Å². The second kappa shape index (κ2) is 10.5. The van der Waals surface area contributed by atoms with Gasteiger partial charge in [0, 0.05) is 50.5 Å². The summed E-state index contributed by atoms with van der Waals surface area (Å²) >= 11 is 0. The maximum absolute atomic E-state index is 12.9. The van der Waals surface area contributed by atoms with Crippen LogP contribution in [0.5, 0.6) is 0 Å². The van der Waals surface area contributed by atoms with Crippen LogP contribution in [0.1, 0.15) is 38.2 Å². The predicted molar refractivity (Wildman–Crippen MR) is 132 cm³/mol. The van der Waals surface area contributed by atoms with Crippen molar-refractivity contribution in [2.75, 3.05) is 31.1 Å². The van der Waals surface area contributed by atoms with Gasteiger partial charge < -0.3 is 10.2 Å². The van der Waals surface area contributed by atoms with Crippen molar-refractivity contribution in [1.82, 2.24) is 10.2 Å². The van der Waals surface area contributed by atoms with Gasteiger partial charge in [0.25, 0.3) is 5.91 Å². The molecule has 0 unspecified atom stereocenters. The SMILES string of the molecule is Cc1ccc(N2CCN(Cc3ccc(C(=O)NCc4cccc(C(F)(F)F)c4)cc3)CC2)cc1C. The van der Waals surface area contributed by atoms with Crippen LogP contribution in [0.3, 0.4) is 0 Å². The molecular formula is C28H30F3N3O. The van der Waals surface area contributed by atoms with Crippen LogP contribution in [0.25, 0.3) is 0 Å². The molecule has 1 saturated heterocycles. The van der Waals surface area contributed by atoms with E-state index in [1.807, 2.05) is 12.1 Å². The summed E-state index contributed by atoms with van der Waals surface area (Å²) in [6.07, 6.45) is -4.40. The van der Waals surface area contributed by atoms with Gasteiger partial charge in [-0.2, -0.15) is 13.2 Å². The Morgan fingerprint density at radius 1 is 0.857 bits per heavy atom. The lowest BCUT2D eigenvalue weighted by molar-refractivity contribution is -0.137. The number of piperazine rings is 1. The second-order valence-electron chi connectivity index (χ2n) is 9.11. The molecule has 4 nitrogen and oxygen atoms in total. The molecular weight excluding hydrogens is 451 g/mol. The first-order valence-electron chi connectivity index (χ1n) is 11.8. The largest absolute Gasteiger partial charge is 0.416 e. The number of nitrogens with one attached hydrogen (secondary N) is 1. The Balaban J connectivity index is 1.27. The summed E-state index contributed by atoms with van der Waals surface area (Å²) < 4.78 is 38.6. The molecule has 7 heteroatoms. The molecule has 3 aromatic carbocycles. The molecule has 0 atom stereocenters. The van der Waals surface area contributed by atoms with E-state index in [-0.39, 0.29) is 12.5 Å². The van der Waals surface area contributed by atoms with Crippen LogP contribution in [0, 0.1) is 13.8 Å². The van der Waals surface area contributed by atoms with Crippen molar-refractivity contribution < 1.29 is 18.0 Å². The van der Waals surface area contributed by atoms with Gasteiger partial charge in [0.1, 0.15) is 0 Å². The number of amides is 1. The fraction of sp³-hybridized carbons (Fsp3) is 0.321. The Labute approximate surface area is 204 Å². The van der Waals surface area contributed by atoms with E-state index < -0.39 is 11.7 Å². The highest BCUT2D eigenvalue weighted by atomic mass is 19.4. The molecule has 0 saturated carbocycles. The Morgan fingerprint density at radius 2 is 1.57 bits per heavy atom. The van der Waals surface area contributed by atoms with Crippen LogP contribution < -0.4 is 10.2 Å². The number of benzene rings is 3. The number of carbonyl (C=O) groups excluding carboxylic acids is 1. The molecule has 1 fully saturated rings. The summed E-state index contributed by atoms with van der Waals surface area (Å²) in [6.45, 7) is 8.99. The van der Waals surface area contributed by atoms with E-state index in [4.69, 9.17) is 0 Å². The summed E-state index contributed by atoms with van der Waals surface area (Å²) in [5.74, 6) is -0.309. The number of rotatable bonds is 6. The average Bonchev–Trinajstić information content (AvgIpc) is 2.85.